The Morgan fingerprint density at radius 1 is 1.21 bits per heavy atom. The van der Waals surface area contributed by atoms with Crippen molar-refractivity contribution >= 4 is 5.57 Å². The molecule has 1 N–H and O–H groups in total. The number of piperidine rings is 2. The molecular weight excluding hydrogens is 377 g/mol. The smallest absolute Gasteiger partial charge is 0.247 e. The summed E-state index contributed by atoms with van der Waals surface area (Å²) >= 11 is 0. The number of aromatic nitrogens is 2. The highest BCUT2D eigenvalue weighted by atomic mass is 19.3. The van der Waals surface area contributed by atoms with Crippen molar-refractivity contribution in [3.63, 3.8) is 0 Å². The molecule has 1 aromatic heterocycles. The van der Waals surface area contributed by atoms with Crippen LogP contribution in [0.5, 0.6) is 0 Å². The summed E-state index contributed by atoms with van der Waals surface area (Å²) < 4.78 is 42.6. The van der Waals surface area contributed by atoms with Gasteiger partial charge in [-0.1, -0.05) is 18.6 Å². The first-order valence-corrected chi connectivity index (χ1v) is 10.8. The molecule has 2 fully saturated rings. The lowest BCUT2D eigenvalue weighted by Gasteiger charge is -2.33. The summed E-state index contributed by atoms with van der Waals surface area (Å²) in [6.07, 6.45) is 7.54. The van der Waals surface area contributed by atoms with Crippen LogP contribution in [-0.2, 0) is 6.54 Å². The summed E-state index contributed by atoms with van der Waals surface area (Å²) in [6, 6.07) is 0.464. The zero-order valence-electron chi connectivity index (χ0n) is 17.0. The molecule has 2 aliphatic heterocycles. The predicted octanol–water partition coefficient (Wildman–Crippen LogP) is 4.01. The summed E-state index contributed by atoms with van der Waals surface area (Å²) in [4.78, 5) is 7.31. The van der Waals surface area contributed by atoms with E-state index in [2.05, 4.69) is 21.8 Å². The minimum Gasteiger partial charge on any atom is -0.332 e. The second-order valence-electron chi connectivity index (χ2n) is 8.63. The Hall–Kier alpha value is -1.60. The quantitative estimate of drug-likeness (QED) is 0.799. The van der Waals surface area contributed by atoms with Gasteiger partial charge < -0.3 is 14.8 Å². The molecule has 3 heterocycles. The number of allylic oxidation sites excluding steroid dienone is 4. The molecule has 4 rings (SSSR count). The largest absolute Gasteiger partial charge is 0.332 e. The second kappa shape index (κ2) is 9.04. The zero-order valence-corrected chi connectivity index (χ0v) is 17.0. The monoisotopic (exact) mass is 408 g/mol. The molecule has 1 aliphatic carbocycles. The van der Waals surface area contributed by atoms with E-state index in [1.165, 1.54) is 25.0 Å². The van der Waals surface area contributed by atoms with E-state index in [1.807, 2.05) is 6.20 Å². The lowest BCUT2D eigenvalue weighted by Crippen LogP contribution is -2.39. The van der Waals surface area contributed by atoms with Crippen LogP contribution in [0.1, 0.15) is 49.5 Å². The first-order chi connectivity index (χ1) is 14.0. The van der Waals surface area contributed by atoms with Crippen molar-refractivity contribution in [2.24, 2.45) is 5.92 Å². The molecule has 29 heavy (non-hydrogen) atoms. The van der Waals surface area contributed by atoms with Gasteiger partial charge in [0.1, 0.15) is 12.0 Å². The minimum absolute atomic E-state index is 0.367. The number of likely N-dealkylation sites (N-methyl/N-ethyl adjacent to an activating group) is 1. The minimum atomic E-state index is -2.72. The molecule has 0 radical (unpaired) electrons. The number of hydrogen-bond donors (Lipinski definition) is 1. The van der Waals surface area contributed by atoms with E-state index in [-0.39, 0.29) is 0 Å². The van der Waals surface area contributed by atoms with Crippen molar-refractivity contribution < 1.29 is 13.2 Å². The summed E-state index contributed by atoms with van der Waals surface area (Å²) in [5, 5.41) is 3.39. The number of likely N-dealkylation sites (tertiary alicyclic amines) is 1. The van der Waals surface area contributed by atoms with Gasteiger partial charge in [0, 0.05) is 24.7 Å². The number of nitrogens with one attached hydrogen (secondary N) is 1. The van der Waals surface area contributed by atoms with E-state index in [1.54, 1.807) is 6.08 Å². The maximum absolute atomic E-state index is 13.9. The van der Waals surface area contributed by atoms with Gasteiger partial charge in [0.15, 0.2) is 0 Å². The zero-order chi connectivity index (χ0) is 20.4. The molecule has 0 aromatic carbocycles. The first kappa shape index (κ1) is 20.7. The highest BCUT2D eigenvalue weighted by molar-refractivity contribution is 5.73. The molecule has 4 nitrogen and oxygen atoms in total. The number of alkyl halides is 3. The van der Waals surface area contributed by atoms with Gasteiger partial charge in [0.2, 0.25) is 6.43 Å². The van der Waals surface area contributed by atoms with Crippen LogP contribution in [0.2, 0.25) is 0 Å². The topological polar surface area (TPSA) is 33.1 Å². The van der Waals surface area contributed by atoms with Gasteiger partial charge in [0.25, 0.3) is 0 Å². The molecule has 0 saturated carbocycles. The highest BCUT2D eigenvalue weighted by Gasteiger charge is 2.31. The van der Waals surface area contributed by atoms with E-state index in [0.717, 1.165) is 51.3 Å². The van der Waals surface area contributed by atoms with E-state index in [4.69, 9.17) is 4.98 Å². The van der Waals surface area contributed by atoms with Crippen LogP contribution in [0.15, 0.2) is 24.4 Å². The van der Waals surface area contributed by atoms with Crippen LogP contribution >= 0.6 is 0 Å². The van der Waals surface area contributed by atoms with Gasteiger partial charge in [-0.25, -0.2) is 18.2 Å². The standard InChI is InChI=1S/C22H31F3N4/c1-28-11-3-2-4-17(28)13-29-14-20(27-22(29)15-7-9-26-10-8-15)16-5-6-19(23)18(12-16)21(24)25/h5-6,12,14-15,17-19,21,26H,2-4,7-11,13H2,1H3. The van der Waals surface area contributed by atoms with Gasteiger partial charge in [-0.15, -0.1) is 0 Å². The number of imidazole rings is 1. The van der Waals surface area contributed by atoms with E-state index in [9.17, 15) is 13.2 Å². The molecule has 160 valence electrons. The molecule has 7 heteroatoms. The number of halogens is 3. The van der Waals surface area contributed by atoms with E-state index < -0.39 is 18.5 Å². The normalized spacial score (nSPS) is 29.4. The molecule has 0 bridgehead atoms. The maximum atomic E-state index is 13.9. The Labute approximate surface area is 170 Å². The third-order valence-corrected chi connectivity index (χ3v) is 6.63. The van der Waals surface area contributed by atoms with Crippen LogP contribution in [0.25, 0.3) is 5.57 Å². The van der Waals surface area contributed by atoms with Gasteiger partial charge in [-0.05, 0) is 64.0 Å². The fourth-order valence-electron chi connectivity index (χ4n) is 4.78. The molecule has 1 aromatic rings. The van der Waals surface area contributed by atoms with Gasteiger partial charge in [-0.3, -0.25) is 0 Å². The van der Waals surface area contributed by atoms with Crippen molar-refractivity contribution in [2.75, 3.05) is 26.7 Å². The molecule has 0 amide bonds. The van der Waals surface area contributed by atoms with E-state index >= 15 is 0 Å². The van der Waals surface area contributed by atoms with Crippen LogP contribution in [0.3, 0.4) is 0 Å². The molecule has 2 saturated heterocycles. The number of hydrogen-bond acceptors (Lipinski definition) is 3. The summed E-state index contributed by atoms with van der Waals surface area (Å²) in [7, 11) is 2.17. The number of nitrogens with zero attached hydrogens (tertiary/aromatic N) is 3. The fourth-order valence-corrected chi connectivity index (χ4v) is 4.78. The van der Waals surface area contributed by atoms with Crippen LogP contribution in [-0.4, -0.2) is 59.8 Å². The van der Waals surface area contributed by atoms with Crippen molar-refractivity contribution in [3.05, 3.63) is 35.9 Å². The average Bonchev–Trinajstić information content (AvgIpc) is 3.14. The maximum Gasteiger partial charge on any atom is 0.247 e. The molecule has 3 aliphatic rings. The molecular formula is C22H31F3N4. The van der Waals surface area contributed by atoms with Crippen LogP contribution in [0.4, 0.5) is 13.2 Å². The summed E-state index contributed by atoms with van der Waals surface area (Å²) in [6.45, 7) is 3.91. The second-order valence-corrected chi connectivity index (χ2v) is 8.63. The van der Waals surface area contributed by atoms with Gasteiger partial charge >= 0.3 is 0 Å². The molecule has 3 unspecified atom stereocenters. The SMILES string of the molecule is CN1CCCCC1Cn1cc(C2=CC(C(F)F)C(F)C=C2)nc1C1CCNCC1. The predicted molar refractivity (Wildman–Crippen MR) is 109 cm³/mol. The number of rotatable bonds is 5. The lowest BCUT2D eigenvalue weighted by atomic mass is 9.93. The first-order valence-electron chi connectivity index (χ1n) is 10.8. The highest BCUT2D eigenvalue weighted by Crippen LogP contribution is 2.33. The fraction of sp³-hybridized carbons (Fsp3) is 0.682. The Morgan fingerprint density at radius 2 is 2.00 bits per heavy atom. The Bertz CT molecular complexity index is 751. The van der Waals surface area contributed by atoms with Crippen LogP contribution < -0.4 is 5.32 Å². The lowest BCUT2D eigenvalue weighted by molar-refractivity contribution is 0.0680. The summed E-state index contributed by atoms with van der Waals surface area (Å²) in [5.74, 6) is 0.0181. The van der Waals surface area contributed by atoms with E-state index in [0.29, 0.717) is 23.2 Å². The van der Waals surface area contributed by atoms with Crippen molar-refractivity contribution in [1.29, 1.82) is 0 Å². The molecule has 0 spiro atoms. The van der Waals surface area contributed by atoms with Crippen molar-refractivity contribution in [2.45, 2.75) is 63.2 Å². The Kier molecular flexibility index (Phi) is 6.44. The average molecular weight is 409 g/mol. The third kappa shape index (κ3) is 4.61. The van der Waals surface area contributed by atoms with Gasteiger partial charge in [0.05, 0.1) is 11.6 Å². The Morgan fingerprint density at radius 3 is 2.72 bits per heavy atom. The molecule has 3 atom stereocenters. The van der Waals surface area contributed by atoms with Crippen molar-refractivity contribution in [3.8, 4) is 0 Å². The third-order valence-electron chi connectivity index (χ3n) is 6.63. The van der Waals surface area contributed by atoms with Crippen LogP contribution in [0, 0.1) is 5.92 Å². The van der Waals surface area contributed by atoms with Gasteiger partial charge in [-0.2, -0.15) is 0 Å². The van der Waals surface area contributed by atoms with Crippen molar-refractivity contribution in [1.82, 2.24) is 19.8 Å². The Balaban J connectivity index is 1.64. The summed E-state index contributed by atoms with van der Waals surface area (Å²) in [5.41, 5.74) is 1.29.